The Morgan fingerprint density at radius 1 is 1.20 bits per heavy atom. The largest absolute Gasteiger partial charge is 0.506 e. The van der Waals surface area contributed by atoms with Crippen molar-refractivity contribution in [2.24, 2.45) is 0 Å². The predicted molar refractivity (Wildman–Crippen MR) is 177 cm³/mol. The molecule has 0 unspecified atom stereocenters. The van der Waals surface area contributed by atoms with Crippen molar-refractivity contribution in [1.29, 1.82) is 0 Å². The molecule has 244 valence electrons. The summed E-state index contributed by atoms with van der Waals surface area (Å²) in [7, 11) is 0. The van der Waals surface area contributed by atoms with Crippen molar-refractivity contribution in [3.8, 4) is 11.5 Å². The van der Waals surface area contributed by atoms with E-state index in [1.165, 1.54) is 23.5 Å². The fourth-order valence-electron chi connectivity index (χ4n) is 6.36. The minimum absolute atomic E-state index is 0.00595. The number of nitrogens with zero attached hydrogens (tertiary/aromatic N) is 3. The zero-order chi connectivity index (χ0) is 32.1. The lowest BCUT2D eigenvalue weighted by molar-refractivity contribution is -0.127. The second kappa shape index (κ2) is 14.3. The van der Waals surface area contributed by atoms with Gasteiger partial charge in [-0.1, -0.05) is 18.2 Å². The van der Waals surface area contributed by atoms with Crippen molar-refractivity contribution < 1.29 is 24.5 Å². The second-order valence-electron chi connectivity index (χ2n) is 12.1. The Balaban J connectivity index is 0.913. The van der Waals surface area contributed by atoms with Gasteiger partial charge in [-0.05, 0) is 61.6 Å². The molecule has 2 aliphatic rings. The van der Waals surface area contributed by atoms with Crippen LogP contribution in [0.15, 0.2) is 58.7 Å². The van der Waals surface area contributed by atoms with Crippen molar-refractivity contribution in [2.75, 3.05) is 52.5 Å². The quantitative estimate of drug-likeness (QED) is 0.180. The number of aromatic hydroxyl groups is 1. The van der Waals surface area contributed by atoms with Gasteiger partial charge in [-0.3, -0.25) is 9.59 Å². The van der Waals surface area contributed by atoms with Crippen LogP contribution in [0.1, 0.15) is 52.0 Å². The number of nitrogens with one attached hydrogen (secondary N) is 2. The molecule has 1 atom stereocenters. The molecule has 4 N–H and O–H groups in total. The number of thiazole rings is 1. The number of hydrogen-bond acceptors (Lipinski definition) is 10. The average Bonchev–Trinajstić information content (AvgIpc) is 3.50. The molecule has 0 aliphatic carbocycles. The summed E-state index contributed by atoms with van der Waals surface area (Å²) < 4.78 is 12.3. The first-order valence-corrected chi connectivity index (χ1v) is 16.7. The number of rotatable bonds is 11. The standard InChI is InChI=1S/C34H41N5O6S/c1-23-36-28(21-46-23)33(43)39-15-17-45-34(22-39)10-13-38(14-11-34)12-3-16-44-25-5-2-4-24(18-25)19-35-20-30(41)26-6-8-29(40)32-27(26)7-9-31(42)37-32/h2,4-9,18,21,30,35,40-41H,3,10-17,19-20,22H2,1H3,(H,37,42)/t30-/m0/s1. The van der Waals surface area contributed by atoms with Crippen LogP contribution < -0.4 is 15.6 Å². The van der Waals surface area contributed by atoms with Gasteiger partial charge < -0.3 is 39.8 Å². The first-order chi connectivity index (χ1) is 22.3. The Morgan fingerprint density at radius 2 is 2.04 bits per heavy atom. The molecule has 0 bridgehead atoms. The van der Waals surface area contributed by atoms with Gasteiger partial charge in [-0.25, -0.2) is 4.98 Å². The van der Waals surface area contributed by atoms with E-state index in [0.29, 0.717) is 61.6 Å². The third-order valence-corrected chi connectivity index (χ3v) is 9.63. The summed E-state index contributed by atoms with van der Waals surface area (Å²) in [5.74, 6) is 0.781. The fourth-order valence-corrected chi connectivity index (χ4v) is 6.95. The number of phenolic OH excluding ortho intramolecular Hbond substituents is 1. The molecule has 2 saturated heterocycles. The maximum absolute atomic E-state index is 13.0. The SMILES string of the molecule is Cc1nc(C(=O)N2CCOC3(CCN(CCCOc4cccc(CNC[C@H](O)c5ccc(O)c6[nH]c(=O)ccc56)c4)CC3)C2)cs1. The summed E-state index contributed by atoms with van der Waals surface area (Å²) >= 11 is 1.50. The lowest BCUT2D eigenvalue weighted by atomic mass is 9.89. The Labute approximate surface area is 271 Å². The molecule has 2 aliphatic heterocycles. The average molecular weight is 648 g/mol. The zero-order valence-corrected chi connectivity index (χ0v) is 26.9. The minimum Gasteiger partial charge on any atom is -0.506 e. The number of H-pyrrole nitrogens is 1. The molecule has 4 heterocycles. The number of carbonyl (C=O) groups excluding carboxylic acids is 1. The van der Waals surface area contributed by atoms with Gasteiger partial charge in [0.25, 0.3) is 5.91 Å². The van der Waals surface area contributed by atoms with Crippen LogP contribution in [0.5, 0.6) is 11.5 Å². The summed E-state index contributed by atoms with van der Waals surface area (Å²) in [5, 5.41) is 27.6. The summed E-state index contributed by atoms with van der Waals surface area (Å²) in [6.07, 6.45) is 1.89. The van der Waals surface area contributed by atoms with Gasteiger partial charge >= 0.3 is 0 Å². The molecule has 2 fully saturated rings. The normalized spacial score (nSPS) is 17.4. The highest BCUT2D eigenvalue weighted by atomic mass is 32.1. The van der Waals surface area contributed by atoms with Gasteiger partial charge in [0.05, 0.1) is 42.0 Å². The number of ether oxygens (including phenoxy) is 2. The monoisotopic (exact) mass is 647 g/mol. The molecule has 0 saturated carbocycles. The predicted octanol–water partition coefficient (Wildman–Crippen LogP) is 3.60. The van der Waals surface area contributed by atoms with E-state index in [4.69, 9.17) is 9.47 Å². The number of aliphatic hydroxyl groups excluding tert-OH is 1. The highest BCUT2D eigenvalue weighted by Crippen LogP contribution is 2.31. The van der Waals surface area contributed by atoms with E-state index in [1.54, 1.807) is 12.1 Å². The van der Waals surface area contributed by atoms with Crippen molar-refractivity contribution in [2.45, 2.75) is 44.4 Å². The Bertz CT molecular complexity index is 1720. The molecule has 46 heavy (non-hydrogen) atoms. The second-order valence-corrected chi connectivity index (χ2v) is 13.2. The number of aliphatic hydroxyl groups is 1. The molecule has 4 aromatic rings. The molecule has 12 heteroatoms. The molecular formula is C34H41N5O6S. The molecule has 1 spiro atoms. The number of aromatic nitrogens is 2. The molecule has 6 rings (SSSR count). The number of piperidine rings is 1. The topological polar surface area (TPSA) is 140 Å². The number of phenols is 1. The molecular weight excluding hydrogens is 606 g/mol. The third kappa shape index (κ3) is 7.59. The number of fused-ring (bicyclic) bond motifs is 1. The summed E-state index contributed by atoms with van der Waals surface area (Å²) in [6, 6.07) is 14.1. The van der Waals surface area contributed by atoms with Gasteiger partial charge in [-0.2, -0.15) is 0 Å². The molecule has 2 aromatic heterocycles. The van der Waals surface area contributed by atoms with Crippen LogP contribution in [0.2, 0.25) is 0 Å². The van der Waals surface area contributed by atoms with Crippen molar-refractivity contribution in [1.82, 2.24) is 25.1 Å². The number of amides is 1. The van der Waals surface area contributed by atoms with E-state index in [0.717, 1.165) is 55.2 Å². The molecule has 1 amide bonds. The number of aromatic amines is 1. The molecule has 11 nitrogen and oxygen atoms in total. The Morgan fingerprint density at radius 3 is 2.85 bits per heavy atom. The van der Waals surface area contributed by atoms with Crippen LogP contribution in [-0.4, -0.2) is 94.0 Å². The van der Waals surface area contributed by atoms with E-state index in [2.05, 4.69) is 20.2 Å². The van der Waals surface area contributed by atoms with Gasteiger partial charge in [0.15, 0.2) is 0 Å². The van der Waals surface area contributed by atoms with Gasteiger partial charge in [0.1, 0.15) is 17.2 Å². The number of benzene rings is 2. The number of hydrogen-bond donors (Lipinski definition) is 4. The lowest BCUT2D eigenvalue weighted by Crippen LogP contribution is -2.58. The van der Waals surface area contributed by atoms with E-state index < -0.39 is 6.10 Å². The maximum atomic E-state index is 13.0. The first kappa shape index (κ1) is 32.1. The molecule has 2 aromatic carbocycles. The van der Waals surface area contributed by atoms with Crippen LogP contribution in [0.3, 0.4) is 0 Å². The van der Waals surface area contributed by atoms with E-state index in [-0.39, 0.29) is 22.8 Å². The Kier molecular flexibility index (Phi) is 10.00. The molecule has 0 radical (unpaired) electrons. The van der Waals surface area contributed by atoms with Crippen molar-refractivity contribution >= 4 is 28.1 Å². The summed E-state index contributed by atoms with van der Waals surface area (Å²) in [5.41, 5.74) is 1.94. The van der Waals surface area contributed by atoms with Gasteiger partial charge in [-0.15, -0.1) is 11.3 Å². The van der Waals surface area contributed by atoms with Crippen LogP contribution in [0.25, 0.3) is 10.9 Å². The summed E-state index contributed by atoms with van der Waals surface area (Å²) in [6.45, 7) is 7.98. The van der Waals surface area contributed by atoms with Crippen LogP contribution in [0.4, 0.5) is 0 Å². The lowest BCUT2D eigenvalue weighted by Gasteiger charge is -2.47. The number of carbonyl (C=O) groups is 1. The zero-order valence-electron chi connectivity index (χ0n) is 26.0. The van der Waals surface area contributed by atoms with E-state index in [9.17, 15) is 19.8 Å². The van der Waals surface area contributed by atoms with E-state index >= 15 is 0 Å². The highest BCUT2D eigenvalue weighted by molar-refractivity contribution is 7.09. The van der Waals surface area contributed by atoms with Crippen LogP contribution in [0, 0.1) is 6.92 Å². The van der Waals surface area contributed by atoms with Crippen LogP contribution >= 0.6 is 11.3 Å². The van der Waals surface area contributed by atoms with Crippen molar-refractivity contribution in [3.63, 3.8) is 0 Å². The maximum Gasteiger partial charge on any atom is 0.273 e. The number of likely N-dealkylation sites (tertiary alicyclic amines) is 1. The fraction of sp³-hybridized carbons (Fsp3) is 0.441. The first-order valence-electron chi connectivity index (χ1n) is 15.8. The number of aryl methyl sites for hydroxylation is 1. The third-order valence-electron chi connectivity index (χ3n) is 8.86. The minimum atomic E-state index is -0.822. The Hall–Kier alpha value is -3.81. The number of morpholine rings is 1. The summed E-state index contributed by atoms with van der Waals surface area (Å²) in [4.78, 5) is 36.0. The van der Waals surface area contributed by atoms with Crippen molar-refractivity contribution in [3.05, 3.63) is 86.1 Å². The number of pyridine rings is 1. The van der Waals surface area contributed by atoms with Gasteiger partial charge in [0.2, 0.25) is 5.56 Å². The smallest absolute Gasteiger partial charge is 0.273 e. The highest BCUT2D eigenvalue weighted by Gasteiger charge is 2.41. The van der Waals surface area contributed by atoms with Crippen LogP contribution in [-0.2, 0) is 11.3 Å². The van der Waals surface area contributed by atoms with Gasteiger partial charge in [0, 0.05) is 56.1 Å². The van der Waals surface area contributed by atoms with E-state index in [1.807, 2.05) is 41.5 Å².